The summed E-state index contributed by atoms with van der Waals surface area (Å²) < 4.78 is 4.60. The van der Waals surface area contributed by atoms with Crippen LogP contribution < -0.4 is 3.80 Å². The Morgan fingerprint density at radius 1 is 0.659 bits per heavy atom. The summed E-state index contributed by atoms with van der Waals surface area (Å²) in [7, 11) is 0. The molecule has 212 valence electrons. The molecule has 5 rings (SSSR count). The van der Waals surface area contributed by atoms with Gasteiger partial charge in [-0.2, -0.15) is 0 Å². The van der Waals surface area contributed by atoms with Crippen LogP contribution in [0.5, 0.6) is 0 Å². The molecule has 4 aromatic rings. The summed E-state index contributed by atoms with van der Waals surface area (Å²) in [6.45, 7) is 9.18. The second-order valence-electron chi connectivity index (χ2n) is 12.1. The van der Waals surface area contributed by atoms with Crippen LogP contribution in [0.1, 0.15) is 54.2 Å². The van der Waals surface area contributed by atoms with E-state index >= 15 is 0 Å². The third-order valence-electron chi connectivity index (χ3n) is 7.07. The molecule has 0 aliphatic heterocycles. The van der Waals surface area contributed by atoms with Crippen LogP contribution in [0.15, 0.2) is 127 Å². The van der Waals surface area contributed by atoms with E-state index in [1.54, 1.807) is 0 Å². The quantitative estimate of drug-likeness (QED) is 0.174. The minimum atomic E-state index is -2.24. The average Bonchev–Trinajstić information content (AvgIpc) is 3.29. The van der Waals surface area contributed by atoms with Gasteiger partial charge < -0.3 is 0 Å². The number of allylic oxidation sites excluding steroid dienone is 3. The zero-order valence-corrected chi connectivity index (χ0v) is 26.4. The molecule has 0 amide bonds. The molecule has 1 atom stereocenters. The minimum absolute atomic E-state index is 0. The second-order valence-corrected chi connectivity index (χ2v) is 18.8. The number of rotatable bonds is 6. The third-order valence-corrected chi connectivity index (χ3v) is 12.7. The monoisotopic (exact) mass is 593 g/mol. The SMILES string of the molecule is C(C=Cc1ccccc1)=Cc1ccccc1.CC1=Cc2c(-c3ccccc3)cccc2[CH]1[Ti]([CH3])([CH3])[NH]C(C)(C)C.[SiH4]. The van der Waals surface area contributed by atoms with Crippen LogP contribution >= 0.6 is 0 Å². The molecule has 0 radical (unpaired) electrons. The predicted octanol–water partition coefficient (Wildman–Crippen LogP) is 9.33. The van der Waals surface area contributed by atoms with Gasteiger partial charge in [0.1, 0.15) is 0 Å². The molecule has 1 aliphatic rings. The largest absolute Gasteiger partial charge is 0.0149 e. The van der Waals surface area contributed by atoms with Crippen molar-refractivity contribution in [3.05, 3.63) is 149 Å². The number of hydrogen-bond donors (Lipinski definition) is 1. The molecule has 0 fully saturated rings. The molecule has 1 aliphatic carbocycles. The molecule has 1 N–H and O–H groups in total. The van der Waals surface area contributed by atoms with Crippen LogP contribution in [0.25, 0.3) is 29.4 Å². The topological polar surface area (TPSA) is 12.0 Å². The van der Waals surface area contributed by atoms with Gasteiger partial charge in [0.15, 0.2) is 0 Å². The predicted molar refractivity (Wildman–Crippen MR) is 185 cm³/mol. The maximum absolute atomic E-state index is 4.01. The van der Waals surface area contributed by atoms with Crippen molar-refractivity contribution in [1.29, 1.82) is 0 Å². The van der Waals surface area contributed by atoms with E-state index in [1.807, 2.05) is 36.4 Å². The standard InChI is InChI=1S/C16H13.C16H14.C4H10N.2CH3.H4Si.Ti/c1-12-10-14-8-5-9-15(16(14)11-12)13-6-3-2-4-7-13;1-3-9-15(10-4-1)13-7-8-14-16-11-5-2-6-12-16;1-4(2,3)5;;;;/h2-11H,1H3;1-14H;5H,1-3H3;2*1H3;1H4;/q;;-1;;;;+1. The first kappa shape index (κ1) is 32.5. The van der Waals surface area contributed by atoms with Crippen molar-refractivity contribution < 1.29 is 16.8 Å². The maximum Gasteiger partial charge on any atom is -0.0149 e. The zero-order valence-electron chi connectivity index (χ0n) is 24.9. The van der Waals surface area contributed by atoms with Gasteiger partial charge in [-0.05, 0) is 22.1 Å². The molecule has 1 nitrogen and oxygen atoms in total. The first-order valence-electron chi connectivity index (χ1n) is 14.2. The van der Waals surface area contributed by atoms with Crippen molar-refractivity contribution in [3.63, 3.8) is 0 Å². The van der Waals surface area contributed by atoms with Gasteiger partial charge >= 0.3 is 151 Å². The van der Waals surface area contributed by atoms with Crippen LogP contribution in [0.2, 0.25) is 10.5 Å². The Hall–Kier alpha value is -3.01. The van der Waals surface area contributed by atoms with Crippen molar-refractivity contribution >= 4 is 29.2 Å². The van der Waals surface area contributed by atoms with Crippen LogP contribution in [0, 0.1) is 0 Å². The summed E-state index contributed by atoms with van der Waals surface area (Å²) in [6, 6.07) is 38.2. The first-order chi connectivity index (χ1) is 19.1. The molecule has 4 aromatic carbocycles. The molecule has 0 spiro atoms. The van der Waals surface area contributed by atoms with Gasteiger partial charge in [-0.15, -0.1) is 0 Å². The molecule has 0 bridgehead atoms. The van der Waals surface area contributed by atoms with Crippen molar-refractivity contribution in [2.24, 2.45) is 0 Å². The van der Waals surface area contributed by atoms with E-state index in [0.717, 1.165) is 0 Å². The Kier molecular flexibility index (Phi) is 11.7. The second kappa shape index (κ2) is 14.8. The van der Waals surface area contributed by atoms with E-state index in [2.05, 4.69) is 145 Å². The van der Waals surface area contributed by atoms with Gasteiger partial charge in [-0.3, -0.25) is 0 Å². The van der Waals surface area contributed by atoms with E-state index < -0.39 is 16.8 Å². The minimum Gasteiger partial charge on any atom is -0.0149 e. The van der Waals surface area contributed by atoms with Crippen molar-refractivity contribution in [2.75, 3.05) is 0 Å². The zero-order chi connectivity index (χ0) is 28.6. The van der Waals surface area contributed by atoms with E-state index in [4.69, 9.17) is 0 Å². The van der Waals surface area contributed by atoms with Gasteiger partial charge in [-0.25, -0.2) is 0 Å². The maximum atomic E-state index is 4.01. The van der Waals surface area contributed by atoms with Crippen LogP contribution in [-0.2, 0) is 16.8 Å². The van der Waals surface area contributed by atoms with E-state index in [0.29, 0.717) is 4.22 Å². The Morgan fingerprint density at radius 2 is 1.15 bits per heavy atom. The average molecular weight is 594 g/mol. The van der Waals surface area contributed by atoms with E-state index in [-0.39, 0.29) is 16.5 Å². The molecule has 1 unspecified atom stereocenters. The van der Waals surface area contributed by atoms with Gasteiger partial charge in [0.05, 0.1) is 0 Å². The molecule has 0 saturated carbocycles. The summed E-state index contributed by atoms with van der Waals surface area (Å²) >= 11 is -2.24. The molecular weight excluding hydrogens is 546 g/mol. The Morgan fingerprint density at radius 3 is 1.63 bits per heavy atom. The fourth-order valence-corrected chi connectivity index (χ4v) is 12.6. The summed E-state index contributed by atoms with van der Waals surface area (Å²) in [4.78, 5) is 0. The van der Waals surface area contributed by atoms with Crippen LogP contribution in [0.3, 0.4) is 0 Å². The molecule has 0 heterocycles. The normalized spacial score (nSPS) is 14.7. The van der Waals surface area contributed by atoms with Gasteiger partial charge in [0.25, 0.3) is 0 Å². The first-order valence-corrected chi connectivity index (χ1v) is 19.1. The summed E-state index contributed by atoms with van der Waals surface area (Å²) in [5.74, 6) is 0. The van der Waals surface area contributed by atoms with Crippen molar-refractivity contribution in [3.8, 4) is 11.1 Å². The fourth-order valence-electron chi connectivity index (χ4n) is 5.88. The summed E-state index contributed by atoms with van der Waals surface area (Å²) in [5, 5.41) is 5.02. The molecular formula is C38H47NSiTi. The number of fused-ring (bicyclic) bond motifs is 1. The number of benzene rings is 4. The van der Waals surface area contributed by atoms with E-state index in [1.165, 1.54) is 39.0 Å². The smallest absolute Gasteiger partial charge is 0.0149 e. The summed E-state index contributed by atoms with van der Waals surface area (Å²) in [5.41, 5.74) is 9.77. The van der Waals surface area contributed by atoms with Gasteiger partial charge in [0, 0.05) is 0 Å². The van der Waals surface area contributed by atoms with Crippen molar-refractivity contribution in [1.82, 2.24) is 3.80 Å². The Balaban J connectivity index is 0.000000238. The Bertz CT molecular complexity index is 1420. The number of nitrogens with one attached hydrogen (secondary N) is 1. The third kappa shape index (κ3) is 9.25. The van der Waals surface area contributed by atoms with Gasteiger partial charge in [0.2, 0.25) is 0 Å². The fraction of sp³-hybridized carbons (Fsp3) is 0.211. The molecule has 3 heteroatoms. The molecule has 0 aromatic heterocycles. The van der Waals surface area contributed by atoms with Crippen molar-refractivity contribution in [2.45, 2.75) is 47.9 Å². The Labute approximate surface area is 256 Å². The molecule has 41 heavy (non-hydrogen) atoms. The van der Waals surface area contributed by atoms with Crippen LogP contribution in [-0.4, -0.2) is 16.5 Å². The van der Waals surface area contributed by atoms with E-state index in [9.17, 15) is 0 Å². The molecule has 0 saturated heterocycles. The summed E-state index contributed by atoms with van der Waals surface area (Å²) in [6.07, 6.45) is 10.7. The van der Waals surface area contributed by atoms with Crippen LogP contribution in [0.4, 0.5) is 0 Å². The van der Waals surface area contributed by atoms with Gasteiger partial charge in [-0.1, -0.05) is 85.0 Å². The number of hydrogen-bond acceptors (Lipinski definition) is 1.